The first-order valence-corrected chi connectivity index (χ1v) is 12.0. The predicted octanol–water partition coefficient (Wildman–Crippen LogP) is 3.15. The monoisotopic (exact) mass is 521 g/mol. The molecule has 0 saturated carbocycles. The van der Waals surface area contributed by atoms with E-state index in [1.165, 1.54) is 18.3 Å². The Morgan fingerprint density at radius 1 is 1.05 bits per heavy atom. The van der Waals surface area contributed by atoms with Crippen molar-refractivity contribution in [3.8, 4) is 23.3 Å². The number of benzene rings is 1. The van der Waals surface area contributed by atoms with Gasteiger partial charge in [0.25, 0.3) is 0 Å². The molecular weight excluding hydrogens is 490 g/mol. The van der Waals surface area contributed by atoms with E-state index < -0.39 is 23.7 Å². The third-order valence-corrected chi connectivity index (χ3v) is 6.11. The third-order valence-electron chi connectivity index (χ3n) is 6.11. The topological polar surface area (TPSA) is 131 Å². The third kappa shape index (κ3) is 5.44. The maximum atomic E-state index is 13.0. The Bertz CT molecular complexity index is 1410. The second kappa shape index (κ2) is 10.5. The highest BCUT2D eigenvalue weighted by Gasteiger charge is 2.43. The van der Waals surface area contributed by atoms with Crippen LogP contribution in [0.4, 0.5) is 10.6 Å². The van der Waals surface area contributed by atoms with E-state index in [1.54, 1.807) is 53.2 Å². The van der Waals surface area contributed by atoms with Crippen LogP contribution in [0.3, 0.4) is 0 Å². The van der Waals surface area contributed by atoms with Gasteiger partial charge < -0.3 is 29.2 Å². The first-order chi connectivity index (χ1) is 18.0. The van der Waals surface area contributed by atoms with Crippen molar-refractivity contribution in [2.75, 3.05) is 33.6 Å². The van der Waals surface area contributed by atoms with Gasteiger partial charge in [-0.05, 0) is 32.9 Å². The van der Waals surface area contributed by atoms with Gasteiger partial charge in [0.15, 0.2) is 0 Å². The van der Waals surface area contributed by atoms with E-state index in [0.717, 1.165) is 0 Å². The van der Waals surface area contributed by atoms with Crippen molar-refractivity contribution in [2.45, 2.75) is 44.9 Å². The van der Waals surface area contributed by atoms with E-state index in [9.17, 15) is 9.59 Å². The summed E-state index contributed by atoms with van der Waals surface area (Å²) in [6, 6.07) is 4.24. The van der Waals surface area contributed by atoms with Crippen LogP contribution in [0.2, 0.25) is 0 Å². The number of hydrogen-bond acceptors (Lipinski definition) is 9. The number of hydrogen-bond donors (Lipinski definition) is 1. The SMILES string of the molecule is COC(=O)C1CC(n2cc(C#Cc3cc(OC)cc(OC)c3)c3c(N)ncnc32)CN1C(=O)OC(C)(C)C. The Kier molecular flexibility index (Phi) is 7.35. The predicted molar refractivity (Wildman–Crippen MR) is 140 cm³/mol. The first-order valence-electron chi connectivity index (χ1n) is 12.0. The maximum Gasteiger partial charge on any atom is 0.411 e. The first kappa shape index (κ1) is 26.6. The van der Waals surface area contributed by atoms with Crippen molar-refractivity contribution in [3.63, 3.8) is 0 Å². The van der Waals surface area contributed by atoms with Crippen LogP contribution < -0.4 is 15.2 Å². The van der Waals surface area contributed by atoms with Crippen LogP contribution in [-0.2, 0) is 14.3 Å². The molecule has 2 atom stereocenters. The molecule has 200 valence electrons. The van der Waals surface area contributed by atoms with Crippen molar-refractivity contribution in [2.24, 2.45) is 0 Å². The van der Waals surface area contributed by atoms with Gasteiger partial charge in [0.05, 0.1) is 38.3 Å². The molecule has 1 amide bonds. The molecule has 3 heterocycles. The van der Waals surface area contributed by atoms with E-state index in [2.05, 4.69) is 21.8 Å². The summed E-state index contributed by atoms with van der Waals surface area (Å²) in [7, 11) is 4.44. The van der Waals surface area contributed by atoms with Crippen molar-refractivity contribution in [1.82, 2.24) is 19.4 Å². The number of rotatable bonds is 4. The number of esters is 1. The van der Waals surface area contributed by atoms with Gasteiger partial charge in [-0.25, -0.2) is 19.6 Å². The van der Waals surface area contributed by atoms with Crippen LogP contribution in [0, 0.1) is 11.8 Å². The Morgan fingerprint density at radius 3 is 2.34 bits per heavy atom. The van der Waals surface area contributed by atoms with Crippen molar-refractivity contribution in [3.05, 3.63) is 41.9 Å². The van der Waals surface area contributed by atoms with E-state index in [1.807, 2.05) is 10.8 Å². The number of carbonyl (C=O) groups excluding carboxylic acids is 2. The van der Waals surface area contributed by atoms with Crippen LogP contribution in [0.15, 0.2) is 30.7 Å². The number of ether oxygens (including phenoxy) is 4. The molecule has 2 unspecified atom stereocenters. The normalized spacial score (nSPS) is 17.1. The molecule has 11 heteroatoms. The van der Waals surface area contributed by atoms with Gasteiger partial charge in [-0.2, -0.15) is 0 Å². The highest BCUT2D eigenvalue weighted by atomic mass is 16.6. The lowest BCUT2D eigenvalue weighted by atomic mass is 10.1. The molecule has 1 aliphatic rings. The van der Waals surface area contributed by atoms with Gasteiger partial charge in [-0.15, -0.1) is 0 Å². The standard InChI is InChI=1S/C27H31N5O6/c1-27(2,3)38-26(34)32-14-18(11-21(32)25(33)37-6)31-13-17(22-23(28)29-15-30-24(22)31)8-7-16-9-19(35-4)12-20(10-16)36-5/h9-10,12-13,15,18,21H,11,14H2,1-6H3,(H2,28,29,30). The van der Waals surface area contributed by atoms with E-state index >= 15 is 0 Å². The summed E-state index contributed by atoms with van der Waals surface area (Å²) < 4.78 is 23.1. The van der Waals surface area contributed by atoms with Crippen molar-refractivity contribution >= 4 is 28.9 Å². The van der Waals surface area contributed by atoms with E-state index in [-0.39, 0.29) is 18.4 Å². The summed E-state index contributed by atoms with van der Waals surface area (Å²) in [5, 5.41) is 0.584. The Morgan fingerprint density at radius 2 is 1.74 bits per heavy atom. The Labute approximate surface area is 220 Å². The lowest BCUT2D eigenvalue weighted by Gasteiger charge is -2.27. The van der Waals surface area contributed by atoms with Gasteiger partial charge in [0, 0.05) is 30.8 Å². The van der Waals surface area contributed by atoms with Gasteiger partial charge >= 0.3 is 12.1 Å². The van der Waals surface area contributed by atoms with Crippen LogP contribution in [0.1, 0.15) is 44.4 Å². The molecule has 4 rings (SSSR count). The number of nitrogens with zero attached hydrogens (tertiary/aromatic N) is 4. The average Bonchev–Trinajstić information content (AvgIpc) is 3.48. The number of nitrogens with two attached hydrogens (primary N) is 1. The minimum Gasteiger partial charge on any atom is -0.497 e. The largest absolute Gasteiger partial charge is 0.497 e. The zero-order chi connectivity index (χ0) is 27.6. The number of amides is 1. The van der Waals surface area contributed by atoms with Crippen molar-refractivity contribution in [1.29, 1.82) is 0 Å². The van der Waals surface area contributed by atoms with Gasteiger partial charge in [-0.3, -0.25) is 4.90 Å². The fourth-order valence-electron chi connectivity index (χ4n) is 4.40. The lowest BCUT2D eigenvalue weighted by Crippen LogP contribution is -2.43. The van der Waals surface area contributed by atoms with Crippen LogP contribution in [0.5, 0.6) is 11.5 Å². The van der Waals surface area contributed by atoms with E-state index in [0.29, 0.717) is 40.1 Å². The molecular formula is C27H31N5O6. The highest BCUT2D eigenvalue weighted by molar-refractivity contribution is 5.92. The number of anilines is 1. The number of carbonyl (C=O) groups is 2. The van der Waals surface area contributed by atoms with Gasteiger partial charge in [0.2, 0.25) is 0 Å². The molecule has 1 aliphatic heterocycles. The number of fused-ring (bicyclic) bond motifs is 1. The molecule has 2 aromatic heterocycles. The molecule has 0 radical (unpaired) electrons. The zero-order valence-corrected chi connectivity index (χ0v) is 22.3. The van der Waals surface area contributed by atoms with Crippen LogP contribution >= 0.6 is 0 Å². The number of likely N-dealkylation sites (tertiary alicyclic amines) is 1. The average molecular weight is 522 g/mol. The molecule has 2 N–H and O–H groups in total. The maximum absolute atomic E-state index is 13.0. The minimum absolute atomic E-state index is 0.211. The molecule has 1 fully saturated rings. The fraction of sp³-hybridized carbons (Fsp3) is 0.407. The summed E-state index contributed by atoms with van der Waals surface area (Å²) in [6.45, 7) is 5.52. The Hall–Kier alpha value is -4.46. The molecule has 3 aromatic rings. The summed E-state index contributed by atoms with van der Waals surface area (Å²) in [4.78, 5) is 35.5. The van der Waals surface area contributed by atoms with Gasteiger partial charge in [-0.1, -0.05) is 11.8 Å². The number of aromatic nitrogens is 3. The number of nitrogen functional groups attached to an aromatic ring is 1. The zero-order valence-electron chi connectivity index (χ0n) is 22.3. The number of methoxy groups -OCH3 is 3. The fourth-order valence-corrected chi connectivity index (χ4v) is 4.40. The smallest absolute Gasteiger partial charge is 0.411 e. The van der Waals surface area contributed by atoms with Crippen LogP contribution in [0.25, 0.3) is 11.0 Å². The van der Waals surface area contributed by atoms with E-state index in [4.69, 9.17) is 24.7 Å². The van der Waals surface area contributed by atoms with Crippen molar-refractivity contribution < 1.29 is 28.5 Å². The van der Waals surface area contributed by atoms with Gasteiger partial charge in [0.1, 0.15) is 40.9 Å². The summed E-state index contributed by atoms with van der Waals surface area (Å²) >= 11 is 0. The molecule has 1 saturated heterocycles. The Balaban J connectivity index is 1.75. The molecule has 11 nitrogen and oxygen atoms in total. The molecule has 0 aliphatic carbocycles. The lowest BCUT2D eigenvalue weighted by molar-refractivity contribution is -0.145. The summed E-state index contributed by atoms with van der Waals surface area (Å²) in [5.41, 5.74) is 7.35. The second-order valence-corrected chi connectivity index (χ2v) is 9.82. The summed E-state index contributed by atoms with van der Waals surface area (Å²) in [5.74, 6) is 7.27. The molecule has 0 bridgehead atoms. The van der Waals surface area contributed by atoms with Crippen LogP contribution in [-0.4, -0.2) is 71.0 Å². The quantitative estimate of drug-likeness (QED) is 0.406. The minimum atomic E-state index is -0.810. The highest BCUT2D eigenvalue weighted by Crippen LogP contribution is 2.34. The molecule has 0 spiro atoms. The summed E-state index contributed by atoms with van der Waals surface area (Å²) in [6.07, 6.45) is 2.90. The molecule has 38 heavy (non-hydrogen) atoms. The second-order valence-electron chi connectivity index (χ2n) is 9.82. The molecule has 1 aromatic carbocycles.